The minimum atomic E-state index is -0.445. The van der Waals surface area contributed by atoms with Gasteiger partial charge in [-0.05, 0) is 43.2 Å². The lowest BCUT2D eigenvalue weighted by molar-refractivity contribution is -0.384. The molecule has 0 spiro atoms. The highest BCUT2D eigenvalue weighted by Crippen LogP contribution is 2.41. The van der Waals surface area contributed by atoms with Gasteiger partial charge in [0.15, 0.2) is 0 Å². The van der Waals surface area contributed by atoms with E-state index in [0.717, 1.165) is 17.5 Å². The maximum Gasteiger partial charge on any atom is 0.288 e. The third kappa shape index (κ3) is 3.31. The Labute approximate surface area is 130 Å². The summed E-state index contributed by atoms with van der Waals surface area (Å²) in [4.78, 5) is 10.3. The van der Waals surface area contributed by atoms with Crippen LogP contribution < -0.4 is 5.32 Å². The molecular formula is C16H21ClN2O2. The highest BCUT2D eigenvalue weighted by atomic mass is 35.5. The van der Waals surface area contributed by atoms with Crippen molar-refractivity contribution in [3.8, 4) is 0 Å². The lowest BCUT2D eigenvalue weighted by Crippen LogP contribution is -2.34. The van der Waals surface area contributed by atoms with Crippen molar-refractivity contribution in [2.75, 3.05) is 5.32 Å². The smallest absolute Gasteiger partial charge is 0.288 e. The molecule has 0 aliphatic heterocycles. The van der Waals surface area contributed by atoms with Gasteiger partial charge in [-0.25, -0.2) is 0 Å². The number of nitrogens with one attached hydrogen (secondary N) is 1. The van der Waals surface area contributed by atoms with E-state index in [0.29, 0.717) is 6.04 Å². The number of hydrogen-bond acceptors (Lipinski definition) is 3. The first-order valence-corrected chi connectivity index (χ1v) is 8.22. The quantitative estimate of drug-likeness (QED) is 0.630. The summed E-state index contributed by atoms with van der Waals surface area (Å²) in [7, 11) is 0. The molecule has 2 aliphatic rings. The number of anilines is 1. The van der Waals surface area contributed by atoms with Crippen molar-refractivity contribution >= 4 is 23.0 Å². The minimum absolute atomic E-state index is 0.0294. The molecule has 0 amide bonds. The molecule has 21 heavy (non-hydrogen) atoms. The van der Waals surface area contributed by atoms with Gasteiger partial charge in [0.2, 0.25) is 0 Å². The van der Waals surface area contributed by atoms with E-state index >= 15 is 0 Å². The number of nitro benzene ring substituents is 1. The average molecular weight is 309 g/mol. The summed E-state index contributed by atoms with van der Waals surface area (Å²) in [6.07, 6.45) is 9.26. The van der Waals surface area contributed by atoms with Gasteiger partial charge in [-0.3, -0.25) is 10.1 Å². The molecule has 3 rings (SSSR count). The molecule has 2 aliphatic carbocycles. The van der Waals surface area contributed by atoms with Gasteiger partial charge in [-0.1, -0.05) is 37.3 Å². The van der Waals surface area contributed by atoms with E-state index in [1.165, 1.54) is 51.0 Å². The van der Waals surface area contributed by atoms with Crippen LogP contribution in [0.4, 0.5) is 11.4 Å². The van der Waals surface area contributed by atoms with Crippen LogP contribution in [-0.2, 0) is 0 Å². The second kappa shape index (κ2) is 6.22. The van der Waals surface area contributed by atoms with Gasteiger partial charge in [0.05, 0.1) is 4.92 Å². The molecule has 3 unspecified atom stereocenters. The lowest BCUT2D eigenvalue weighted by atomic mass is 9.69. The number of nitro groups is 1. The van der Waals surface area contributed by atoms with Crippen molar-refractivity contribution < 1.29 is 4.92 Å². The fourth-order valence-corrected chi connectivity index (χ4v) is 4.23. The molecule has 2 fully saturated rings. The van der Waals surface area contributed by atoms with Crippen molar-refractivity contribution in [2.24, 2.45) is 11.8 Å². The van der Waals surface area contributed by atoms with Crippen LogP contribution in [0.15, 0.2) is 18.2 Å². The standard InChI is InChI=1S/C16H21ClN2O2/c17-15-10-14(7-8-16(15)19(20)21)18-13-6-5-11-3-1-2-4-12(11)9-13/h7-8,10-13,18H,1-6,9H2. The summed E-state index contributed by atoms with van der Waals surface area (Å²) < 4.78 is 0. The van der Waals surface area contributed by atoms with Gasteiger partial charge in [-0.15, -0.1) is 0 Å². The molecule has 2 saturated carbocycles. The number of hydrogen-bond donors (Lipinski definition) is 1. The van der Waals surface area contributed by atoms with Crippen molar-refractivity contribution in [1.82, 2.24) is 0 Å². The molecule has 4 nitrogen and oxygen atoms in total. The van der Waals surface area contributed by atoms with E-state index in [1.807, 2.05) is 0 Å². The fourth-order valence-electron chi connectivity index (χ4n) is 3.98. The molecule has 3 atom stereocenters. The first-order valence-electron chi connectivity index (χ1n) is 7.84. The SMILES string of the molecule is O=[N+]([O-])c1ccc(NC2CCC3CCCCC3C2)cc1Cl. The number of benzene rings is 1. The first-order chi connectivity index (χ1) is 10.1. The second-order valence-electron chi connectivity index (χ2n) is 6.38. The molecule has 114 valence electrons. The van der Waals surface area contributed by atoms with Crippen LogP contribution in [0.3, 0.4) is 0 Å². The molecular weight excluding hydrogens is 288 g/mol. The van der Waals surface area contributed by atoms with Crippen LogP contribution in [0.2, 0.25) is 5.02 Å². The average Bonchev–Trinajstić information content (AvgIpc) is 2.47. The molecule has 1 aromatic carbocycles. The van der Waals surface area contributed by atoms with Crippen LogP contribution >= 0.6 is 11.6 Å². The van der Waals surface area contributed by atoms with Crippen LogP contribution in [0.1, 0.15) is 44.9 Å². The zero-order valence-electron chi connectivity index (χ0n) is 12.1. The third-order valence-corrected chi connectivity index (χ3v) is 5.36. The highest BCUT2D eigenvalue weighted by Gasteiger charge is 2.32. The van der Waals surface area contributed by atoms with E-state index in [4.69, 9.17) is 11.6 Å². The fraction of sp³-hybridized carbons (Fsp3) is 0.625. The topological polar surface area (TPSA) is 55.2 Å². The van der Waals surface area contributed by atoms with Gasteiger partial charge in [0.25, 0.3) is 5.69 Å². The summed E-state index contributed by atoms with van der Waals surface area (Å²) in [5.74, 6) is 1.79. The molecule has 0 bridgehead atoms. The van der Waals surface area contributed by atoms with Crippen molar-refractivity contribution in [3.05, 3.63) is 33.3 Å². The predicted octanol–water partition coefficient (Wildman–Crippen LogP) is 5.02. The Kier molecular flexibility index (Phi) is 4.34. The van der Waals surface area contributed by atoms with Crippen LogP contribution in [0, 0.1) is 22.0 Å². The largest absolute Gasteiger partial charge is 0.382 e. The number of rotatable bonds is 3. The summed E-state index contributed by atoms with van der Waals surface area (Å²) >= 11 is 5.97. The van der Waals surface area contributed by atoms with Gasteiger partial charge >= 0.3 is 0 Å². The van der Waals surface area contributed by atoms with E-state index in [1.54, 1.807) is 12.1 Å². The summed E-state index contributed by atoms with van der Waals surface area (Å²) in [5, 5.41) is 14.5. The van der Waals surface area contributed by atoms with Gasteiger partial charge in [-0.2, -0.15) is 0 Å². The molecule has 1 aromatic rings. The molecule has 0 radical (unpaired) electrons. The van der Waals surface area contributed by atoms with Crippen LogP contribution in [0.5, 0.6) is 0 Å². The maximum absolute atomic E-state index is 10.8. The molecule has 0 saturated heterocycles. The lowest BCUT2D eigenvalue weighted by Gasteiger charge is -2.39. The Morgan fingerprint density at radius 1 is 1.14 bits per heavy atom. The molecule has 5 heteroatoms. The molecule has 0 aromatic heterocycles. The van der Waals surface area contributed by atoms with Crippen LogP contribution in [-0.4, -0.2) is 11.0 Å². The van der Waals surface area contributed by atoms with Gasteiger partial charge in [0.1, 0.15) is 5.02 Å². The van der Waals surface area contributed by atoms with Crippen molar-refractivity contribution in [3.63, 3.8) is 0 Å². The summed E-state index contributed by atoms with van der Waals surface area (Å²) in [6, 6.07) is 5.39. The zero-order chi connectivity index (χ0) is 14.8. The van der Waals surface area contributed by atoms with E-state index in [-0.39, 0.29) is 10.7 Å². The summed E-state index contributed by atoms with van der Waals surface area (Å²) in [5.41, 5.74) is 0.864. The van der Waals surface area contributed by atoms with E-state index in [9.17, 15) is 10.1 Å². The van der Waals surface area contributed by atoms with E-state index in [2.05, 4.69) is 5.32 Å². The second-order valence-corrected chi connectivity index (χ2v) is 6.79. The molecule has 1 N–H and O–H groups in total. The Morgan fingerprint density at radius 2 is 1.90 bits per heavy atom. The number of nitrogens with zero attached hydrogens (tertiary/aromatic N) is 1. The Bertz CT molecular complexity index is 535. The third-order valence-electron chi connectivity index (χ3n) is 5.05. The predicted molar refractivity (Wildman–Crippen MR) is 84.8 cm³/mol. The minimum Gasteiger partial charge on any atom is -0.382 e. The normalized spacial score (nSPS) is 28.7. The van der Waals surface area contributed by atoms with Gasteiger partial charge < -0.3 is 5.32 Å². The van der Waals surface area contributed by atoms with Gasteiger partial charge in [0, 0.05) is 17.8 Å². The Hall–Kier alpha value is -1.29. The zero-order valence-corrected chi connectivity index (χ0v) is 12.8. The van der Waals surface area contributed by atoms with Crippen molar-refractivity contribution in [2.45, 2.75) is 51.0 Å². The number of fused-ring (bicyclic) bond motifs is 1. The Balaban J connectivity index is 1.64. The monoisotopic (exact) mass is 308 g/mol. The number of halogens is 1. The first kappa shape index (κ1) is 14.6. The van der Waals surface area contributed by atoms with E-state index < -0.39 is 4.92 Å². The highest BCUT2D eigenvalue weighted by molar-refractivity contribution is 6.32. The Morgan fingerprint density at radius 3 is 2.62 bits per heavy atom. The summed E-state index contributed by atoms with van der Waals surface area (Å²) in [6.45, 7) is 0. The van der Waals surface area contributed by atoms with Crippen molar-refractivity contribution in [1.29, 1.82) is 0 Å². The molecule has 0 heterocycles. The van der Waals surface area contributed by atoms with Crippen LogP contribution in [0.25, 0.3) is 0 Å². The maximum atomic E-state index is 10.8.